The smallest absolute Gasteiger partial charge is 0.240 e. The largest absolute Gasteiger partial charge is 0.497 e. The number of hydrogen-bond acceptors (Lipinski definition) is 6. The lowest BCUT2D eigenvalue weighted by atomic mass is 10.1. The summed E-state index contributed by atoms with van der Waals surface area (Å²) < 4.78 is 33.8. The van der Waals surface area contributed by atoms with E-state index in [0.717, 1.165) is 22.6 Å². The first kappa shape index (κ1) is 20.8. The molecule has 0 radical (unpaired) electrons. The predicted octanol–water partition coefficient (Wildman–Crippen LogP) is 3.32. The summed E-state index contributed by atoms with van der Waals surface area (Å²) in [6, 6.07) is 14.6. The zero-order valence-corrected chi connectivity index (χ0v) is 18.1. The zero-order chi connectivity index (χ0) is 21.8. The van der Waals surface area contributed by atoms with Crippen molar-refractivity contribution < 1.29 is 13.2 Å². The Morgan fingerprint density at radius 1 is 1.03 bits per heavy atom. The van der Waals surface area contributed by atoms with Crippen molar-refractivity contribution in [2.75, 3.05) is 19.0 Å². The molecule has 4 rings (SSSR count). The van der Waals surface area contributed by atoms with Crippen LogP contribution in [-0.4, -0.2) is 36.4 Å². The average molecular weight is 438 g/mol. The average Bonchev–Trinajstić information content (AvgIpc) is 3.23. The number of ether oxygens (including phenoxy) is 1. The third-order valence-corrected chi connectivity index (χ3v) is 6.40. The number of anilines is 1. The van der Waals surface area contributed by atoms with Gasteiger partial charge in [-0.2, -0.15) is 0 Å². The number of benzene rings is 2. The van der Waals surface area contributed by atoms with E-state index in [2.05, 4.69) is 20.0 Å². The number of fused-ring (bicyclic) bond motifs is 1. The van der Waals surface area contributed by atoms with Crippen LogP contribution in [0, 0.1) is 0 Å². The molecule has 160 valence electrons. The highest BCUT2D eigenvalue weighted by Crippen LogP contribution is 2.25. The quantitative estimate of drug-likeness (QED) is 0.439. The second kappa shape index (κ2) is 8.75. The Labute approximate surface area is 181 Å². The molecular formula is C22H23N5O3S. The Morgan fingerprint density at radius 3 is 2.45 bits per heavy atom. The fourth-order valence-corrected chi connectivity index (χ4v) is 4.31. The van der Waals surface area contributed by atoms with Gasteiger partial charge in [-0.05, 0) is 42.0 Å². The molecular weight excluding hydrogens is 414 g/mol. The van der Waals surface area contributed by atoms with Gasteiger partial charge in [0.1, 0.15) is 5.75 Å². The molecule has 2 N–H and O–H groups in total. The van der Waals surface area contributed by atoms with Gasteiger partial charge in [0.05, 0.1) is 23.9 Å². The normalized spacial score (nSPS) is 11.5. The maximum atomic E-state index is 12.1. The summed E-state index contributed by atoms with van der Waals surface area (Å²) in [5.41, 5.74) is 3.60. The molecule has 4 aromatic rings. The molecule has 0 amide bonds. The Balaban J connectivity index is 1.53. The van der Waals surface area contributed by atoms with Gasteiger partial charge < -0.3 is 10.1 Å². The van der Waals surface area contributed by atoms with E-state index in [9.17, 15) is 8.42 Å². The fourth-order valence-electron chi connectivity index (χ4n) is 3.26. The minimum Gasteiger partial charge on any atom is -0.497 e. The molecule has 0 bridgehead atoms. The lowest BCUT2D eigenvalue weighted by Gasteiger charge is -2.09. The van der Waals surface area contributed by atoms with Gasteiger partial charge in [0.2, 0.25) is 10.0 Å². The molecule has 0 fully saturated rings. The lowest BCUT2D eigenvalue weighted by Crippen LogP contribution is -2.23. The van der Waals surface area contributed by atoms with Crippen LogP contribution < -0.4 is 14.8 Å². The molecule has 2 heterocycles. The fraction of sp³-hybridized carbons (Fsp3) is 0.182. The van der Waals surface area contributed by atoms with Crippen LogP contribution >= 0.6 is 0 Å². The summed E-state index contributed by atoms with van der Waals surface area (Å²) in [5.74, 6) is 1.44. The van der Waals surface area contributed by atoms with Crippen LogP contribution in [-0.2, 0) is 16.6 Å². The molecule has 2 aromatic carbocycles. The topological polar surface area (TPSA) is 97.6 Å². The molecule has 9 heteroatoms. The molecule has 0 unspecified atom stereocenters. The van der Waals surface area contributed by atoms with Crippen LogP contribution in [0.15, 0.2) is 72.0 Å². The van der Waals surface area contributed by atoms with Gasteiger partial charge in [-0.1, -0.05) is 19.1 Å². The van der Waals surface area contributed by atoms with Crippen molar-refractivity contribution in [1.82, 2.24) is 19.1 Å². The van der Waals surface area contributed by atoms with Gasteiger partial charge in [0, 0.05) is 31.0 Å². The SMILES string of the molecule is CCNS(=O)(=O)c1ccc(CNc2nccn3c(-c4ccc(OC)cc4)cnc23)cc1. The van der Waals surface area contributed by atoms with Crippen molar-refractivity contribution in [3.8, 4) is 17.0 Å². The van der Waals surface area contributed by atoms with Crippen molar-refractivity contribution in [2.24, 2.45) is 0 Å². The van der Waals surface area contributed by atoms with Crippen molar-refractivity contribution in [1.29, 1.82) is 0 Å². The Morgan fingerprint density at radius 2 is 1.77 bits per heavy atom. The van der Waals surface area contributed by atoms with Crippen LogP contribution in [0.25, 0.3) is 16.9 Å². The van der Waals surface area contributed by atoms with Gasteiger partial charge in [0.25, 0.3) is 0 Å². The lowest BCUT2D eigenvalue weighted by molar-refractivity contribution is 0.415. The van der Waals surface area contributed by atoms with E-state index in [-0.39, 0.29) is 4.90 Å². The number of sulfonamides is 1. The number of nitrogens with zero attached hydrogens (tertiary/aromatic N) is 3. The molecule has 0 saturated heterocycles. The Bertz CT molecular complexity index is 1280. The number of nitrogens with one attached hydrogen (secondary N) is 2. The summed E-state index contributed by atoms with van der Waals surface area (Å²) in [6.07, 6.45) is 5.40. The van der Waals surface area contributed by atoms with Crippen molar-refractivity contribution >= 4 is 21.5 Å². The van der Waals surface area contributed by atoms with Gasteiger partial charge in [-0.3, -0.25) is 4.40 Å². The first-order chi connectivity index (χ1) is 15.0. The molecule has 31 heavy (non-hydrogen) atoms. The van der Waals surface area contributed by atoms with E-state index in [0.29, 0.717) is 24.6 Å². The standard InChI is InChI=1S/C22H23N5O3S/c1-3-26-31(28,29)19-10-4-16(5-11-19)14-24-21-22-25-15-20(27(22)13-12-23-21)17-6-8-18(30-2)9-7-17/h4-13,15,26H,3,14H2,1-2H3,(H,23,24). The monoisotopic (exact) mass is 437 g/mol. The Hall–Kier alpha value is -3.43. The first-order valence-electron chi connectivity index (χ1n) is 9.81. The zero-order valence-electron chi connectivity index (χ0n) is 17.2. The first-order valence-corrected chi connectivity index (χ1v) is 11.3. The Kier molecular flexibility index (Phi) is 5.88. The number of rotatable bonds is 8. The van der Waals surface area contributed by atoms with Crippen molar-refractivity contribution in [3.63, 3.8) is 0 Å². The van der Waals surface area contributed by atoms with E-state index >= 15 is 0 Å². The van der Waals surface area contributed by atoms with Crippen LogP contribution in [0.3, 0.4) is 0 Å². The van der Waals surface area contributed by atoms with Crippen LogP contribution in [0.4, 0.5) is 5.82 Å². The van der Waals surface area contributed by atoms with Gasteiger partial charge >= 0.3 is 0 Å². The maximum absolute atomic E-state index is 12.1. The highest BCUT2D eigenvalue weighted by Gasteiger charge is 2.13. The number of aromatic nitrogens is 3. The third kappa shape index (κ3) is 4.37. The molecule has 0 aliphatic carbocycles. The molecule has 0 spiro atoms. The minimum absolute atomic E-state index is 0.246. The van der Waals surface area contributed by atoms with Crippen molar-refractivity contribution in [2.45, 2.75) is 18.4 Å². The van der Waals surface area contributed by atoms with E-state index in [4.69, 9.17) is 4.74 Å². The molecule has 8 nitrogen and oxygen atoms in total. The van der Waals surface area contributed by atoms with Gasteiger partial charge in [0.15, 0.2) is 11.5 Å². The number of imidazole rings is 1. The highest BCUT2D eigenvalue weighted by atomic mass is 32.2. The summed E-state index contributed by atoms with van der Waals surface area (Å²) >= 11 is 0. The summed E-state index contributed by atoms with van der Waals surface area (Å²) in [5, 5.41) is 3.29. The van der Waals surface area contributed by atoms with E-state index in [1.54, 1.807) is 44.5 Å². The predicted molar refractivity (Wildman–Crippen MR) is 120 cm³/mol. The maximum Gasteiger partial charge on any atom is 0.240 e. The van der Waals surface area contributed by atoms with Crippen LogP contribution in [0.5, 0.6) is 5.75 Å². The molecule has 0 aliphatic heterocycles. The van der Waals surface area contributed by atoms with E-state index in [1.807, 2.05) is 41.1 Å². The number of hydrogen-bond donors (Lipinski definition) is 2. The van der Waals surface area contributed by atoms with Gasteiger partial charge in [-0.15, -0.1) is 0 Å². The van der Waals surface area contributed by atoms with E-state index < -0.39 is 10.0 Å². The van der Waals surface area contributed by atoms with Crippen LogP contribution in [0.2, 0.25) is 0 Å². The van der Waals surface area contributed by atoms with Gasteiger partial charge in [-0.25, -0.2) is 23.1 Å². The van der Waals surface area contributed by atoms with Crippen LogP contribution in [0.1, 0.15) is 12.5 Å². The van der Waals surface area contributed by atoms with Crippen molar-refractivity contribution in [3.05, 3.63) is 72.7 Å². The third-order valence-electron chi connectivity index (χ3n) is 4.84. The molecule has 0 atom stereocenters. The molecule has 0 saturated carbocycles. The summed E-state index contributed by atoms with van der Waals surface area (Å²) in [4.78, 5) is 9.20. The minimum atomic E-state index is -3.46. The second-order valence-electron chi connectivity index (χ2n) is 6.84. The molecule has 0 aliphatic rings. The highest BCUT2D eigenvalue weighted by molar-refractivity contribution is 7.89. The number of methoxy groups -OCH3 is 1. The van der Waals surface area contributed by atoms with E-state index in [1.165, 1.54) is 0 Å². The summed E-state index contributed by atoms with van der Waals surface area (Å²) in [6.45, 7) is 2.59. The molecule has 2 aromatic heterocycles. The summed E-state index contributed by atoms with van der Waals surface area (Å²) in [7, 11) is -1.81. The second-order valence-corrected chi connectivity index (χ2v) is 8.61.